The van der Waals surface area contributed by atoms with Crippen molar-refractivity contribution < 1.29 is 19.1 Å². The maximum atomic E-state index is 14.3. The van der Waals surface area contributed by atoms with Crippen molar-refractivity contribution in [1.82, 2.24) is 10.2 Å². The van der Waals surface area contributed by atoms with Crippen LogP contribution in [0, 0.1) is 13.8 Å². The summed E-state index contributed by atoms with van der Waals surface area (Å²) in [6.45, 7) is 15.0. The summed E-state index contributed by atoms with van der Waals surface area (Å²) in [5, 5.41) is 7.80. The molecule has 0 radical (unpaired) electrons. The second kappa shape index (κ2) is 13.0. The fraction of sp³-hybridized carbons (Fsp3) is 0.424. The van der Waals surface area contributed by atoms with Crippen LogP contribution in [0.1, 0.15) is 70.7 Å². The average Bonchev–Trinajstić information content (AvgIpc) is 2.88. The molecule has 8 heteroatoms. The number of fused-ring (bicyclic) bond motifs is 1. The van der Waals surface area contributed by atoms with Gasteiger partial charge in [-0.3, -0.25) is 9.59 Å². The molecule has 0 aliphatic heterocycles. The van der Waals surface area contributed by atoms with Crippen molar-refractivity contribution in [2.24, 2.45) is 0 Å². The van der Waals surface area contributed by atoms with Gasteiger partial charge in [-0.1, -0.05) is 66.6 Å². The van der Waals surface area contributed by atoms with Gasteiger partial charge in [0.1, 0.15) is 17.7 Å². The van der Waals surface area contributed by atoms with Crippen LogP contribution < -0.4 is 10.6 Å². The molecule has 0 bridgehead atoms. The topological polar surface area (TPSA) is 87.7 Å². The molecule has 0 spiro atoms. The molecule has 0 fully saturated rings. The number of nitrogens with one attached hydrogen (secondary N) is 2. The van der Waals surface area contributed by atoms with Gasteiger partial charge in [0.15, 0.2) is 0 Å². The predicted molar refractivity (Wildman–Crippen MR) is 169 cm³/mol. The second-order valence-electron chi connectivity index (χ2n) is 12.1. The molecule has 2 unspecified atom stereocenters. The Labute approximate surface area is 249 Å². The number of ether oxygens (including phenoxy) is 1. The Bertz CT molecular complexity index is 1390. The maximum absolute atomic E-state index is 14.3. The van der Waals surface area contributed by atoms with Crippen LogP contribution in [-0.2, 0) is 14.3 Å². The zero-order valence-corrected chi connectivity index (χ0v) is 26.3. The van der Waals surface area contributed by atoms with Crippen molar-refractivity contribution in [3.05, 3.63) is 77.4 Å². The molecule has 0 aliphatic rings. The first-order valence-electron chi connectivity index (χ1n) is 14.0. The molecule has 0 heterocycles. The van der Waals surface area contributed by atoms with Gasteiger partial charge in [0.2, 0.25) is 5.91 Å². The molecule has 3 amide bonds. The van der Waals surface area contributed by atoms with Gasteiger partial charge < -0.3 is 20.3 Å². The molecule has 41 heavy (non-hydrogen) atoms. The van der Waals surface area contributed by atoms with E-state index in [1.54, 1.807) is 25.7 Å². The molecule has 0 aromatic heterocycles. The third kappa shape index (κ3) is 8.26. The average molecular weight is 578 g/mol. The third-order valence-electron chi connectivity index (χ3n) is 7.01. The minimum absolute atomic E-state index is 0.0280. The van der Waals surface area contributed by atoms with Crippen LogP contribution >= 0.6 is 12.6 Å². The second-order valence-corrected chi connectivity index (χ2v) is 12.5. The highest BCUT2D eigenvalue weighted by molar-refractivity contribution is 7.80. The number of hydrogen-bond acceptors (Lipinski definition) is 5. The van der Waals surface area contributed by atoms with Crippen molar-refractivity contribution in [2.45, 2.75) is 85.0 Å². The van der Waals surface area contributed by atoms with Gasteiger partial charge in [0, 0.05) is 17.0 Å². The van der Waals surface area contributed by atoms with E-state index in [1.165, 1.54) is 0 Å². The first kappa shape index (κ1) is 32.0. The Morgan fingerprint density at radius 2 is 1.51 bits per heavy atom. The zero-order valence-electron chi connectivity index (χ0n) is 25.4. The standard InChI is InChI=1S/C33H43N3O4S/c1-9-33(7,8)36(30(38)27(20-41)35-31(39)40-32(4,5)6)28(25-17-21(2)16-22(3)18-25)29(37)34-26-15-14-23-12-10-11-13-24(23)19-26/h10-19,27-28,41H,9,20H2,1-8H3,(H,34,37)(H,35,39). The highest BCUT2D eigenvalue weighted by Crippen LogP contribution is 2.34. The number of rotatable bonds is 9. The fourth-order valence-corrected chi connectivity index (χ4v) is 5.06. The number of alkyl carbamates (subject to hydrolysis) is 1. The molecule has 0 saturated heterocycles. The van der Waals surface area contributed by atoms with E-state index in [9.17, 15) is 14.4 Å². The van der Waals surface area contributed by atoms with Crippen LogP contribution in [0.2, 0.25) is 0 Å². The number of nitrogens with zero attached hydrogens (tertiary/aromatic N) is 1. The minimum atomic E-state index is -1.01. The Morgan fingerprint density at radius 3 is 2.07 bits per heavy atom. The first-order valence-corrected chi connectivity index (χ1v) is 14.6. The van der Waals surface area contributed by atoms with E-state index in [0.717, 1.165) is 21.9 Å². The van der Waals surface area contributed by atoms with E-state index < -0.39 is 35.2 Å². The largest absolute Gasteiger partial charge is 0.444 e. The summed E-state index contributed by atoms with van der Waals surface area (Å²) in [6.07, 6.45) is -0.155. The van der Waals surface area contributed by atoms with Crippen molar-refractivity contribution in [3.63, 3.8) is 0 Å². The molecule has 3 aromatic carbocycles. The highest BCUT2D eigenvalue weighted by atomic mass is 32.1. The third-order valence-corrected chi connectivity index (χ3v) is 7.37. The maximum Gasteiger partial charge on any atom is 0.408 e. The lowest BCUT2D eigenvalue weighted by Crippen LogP contribution is -2.59. The van der Waals surface area contributed by atoms with Crippen LogP contribution in [0.5, 0.6) is 0 Å². The minimum Gasteiger partial charge on any atom is -0.444 e. The number of aryl methyl sites for hydroxylation is 2. The lowest BCUT2D eigenvalue weighted by Gasteiger charge is -2.44. The van der Waals surface area contributed by atoms with E-state index in [1.807, 2.05) is 95.3 Å². The Hall–Kier alpha value is -3.52. The van der Waals surface area contributed by atoms with Crippen LogP contribution in [-0.4, -0.2) is 45.7 Å². The number of benzene rings is 3. The lowest BCUT2D eigenvalue weighted by molar-refractivity contribution is -0.147. The van der Waals surface area contributed by atoms with Crippen molar-refractivity contribution >= 4 is 47.0 Å². The Morgan fingerprint density at radius 1 is 0.902 bits per heavy atom. The lowest BCUT2D eigenvalue weighted by atomic mass is 9.91. The summed E-state index contributed by atoms with van der Waals surface area (Å²) in [4.78, 5) is 42.9. The van der Waals surface area contributed by atoms with Gasteiger partial charge in [-0.15, -0.1) is 0 Å². The van der Waals surface area contributed by atoms with Gasteiger partial charge in [-0.25, -0.2) is 4.79 Å². The molecular formula is C33H43N3O4S. The molecule has 0 aliphatic carbocycles. The van der Waals surface area contributed by atoms with Crippen LogP contribution in [0.25, 0.3) is 10.8 Å². The summed E-state index contributed by atoms with van der Waals surface area (Å²) in [5.74, 6) is -0.744. The van der Waals surface area contributed by atoms with Crippen molar-refractivity contribution in [2.75, 3.05) is 11.1 Å². The molecule has 2 N–H and O–H groups in total. The molecule has 2 atom stereocenters. The predicted octanol–water partition coefficient (Wildman–Crippen LogP) is 6.98. The van der Waals surface area contributed by atoms with Gasteiger partial charge in [-0.05, 0) is 83.4 Å². The van der Waals surface area contributed by atoms with Gasteiger partial charge in [0.25, 0.3) is 5.91 Å². The smallest absolute Gasteiger partial charge is 0.408 e. The molecule has 3 rings (SSSR count). The molecule has 3 aromatic rings. The normalized spacial score (nSPS) is 13.3. The van der Waals surface area contributed by atoms with Crippen LogP contribution in [0.4, 0.5) is 10.5 Å². The molecule has 220 valence electrons. The van der Waals surface area contributed by atoms with E-state index in [0.29, 0.717) is 17.7 Å². The van der Waals surface area contributed by atoms with Crippen molar-refractivity contribution in [3.8, 4) is 0 Å². The number of thiol groups is 1. The monoisotopic (exact) mass is 577 g/mol. The highest BCUT2D eigenvalue weighted by Gasteiger charge is 2.43. The number of anilines is 1. The molecule has 7 nitrogen and oxygen atoms in total. The van der Waals surface area contributed by atoms with Gasteiger partial charge >= 0.3 is 6.09 Å². The van der Waals surface area contributed by atoms with Crippen molar-refractivity contribution in [1.29, 1.82) is 0 Å². The van der Waals surface area contributed by atoms with Crippen LogP contribution in [0.15, 0.2) is 60.7 Å². The van der Waals surface area contributed by atoms with E-state index in [-0.39, 0.29) is 11.7 Å². The quantitative estimate of drug-likeness (QED) is 0.240. The van der Waals surface area contributed by atoms with E-state index in [4.69, 9.17) is 4.74 Å². The molecular weight excluding hydrogens is 534 g/mol. The fourth-order valence-electron chi connectivity index (χ4n) is 4.81. The summed E-state index contributed by atoms with van der Waals surface area (Å²) in [6, 6.07) is 17.5. The number of carbonyl (C=O) groups is 3. The van der Waals surface area contributed by atoms with Crippen LogP contribution in [0.3, 0.4) is 0 Å². The number of carbonyl (C=O) groups excluding carboxylic acids is 3. The van der Waals surface area contributed by atoms with E-state index >= 15 is 0 Å². The first-order chi connectivity index (χ1) is 19.1. The zero-order chi connectivity index (χ0) is 30.5. The number of hydrogen-bond donors (Lipinski definition) is 3. The van der Waals surface area contributed by atoms with E-state index in [2.05, 4.69) is 23.3 Å². The summed E-state index contributed by atoms with van der Waals surface area (Å²) in [5.41, 5.74) is 1.77. The van der Waals surface area contributed by atoms with Gasteiger partial charge in [-0.2, -0.15) is 12.6 Å². The molecule has 0 saturated carbocycles. The SMILES string of the molecule is CCC(C)(C)N(C(=O)C(CS)NC(=O)OC(C)(C)C)C(C(=O)Nc1ccc2ccccc2c1)c1cc(C)cc(C)c1. The summed E-state index contributed by atoms with van der Waals surface area (Å²) >= 11 is 4.40. The summed E-state index contributed by atoms with van der Waals surface area (Å²) < 4.78 is 5.42. The number of amides is 3. The van der Waals surface area contributed by atoms with Gasteiger partial charge in [0.05, 0.1) is 0 Å². The Balaban J connectivity index is 2.10. The Kier molecular flexibility index (Phi) is 10.1. The summed E-state index contributed by atoms with van der Waals surface area (Å²) in [7, 11) is 0.